The second-order valence-corrected chi connectivity index (χ2v) is 3.18. The maximum atomic E-state index is 11.6. The Morgan fingerprint density at radius 1 is 1.25 bits per heavy atom. The molecule has 1 heterocycles. The summed E-state index contributed by atoms with van der Waals surface area (Å²) in [4.78, 5) is 18.0. The largest absolute Gasteiger partial charge is 0.493 e. The molecule has 2 rings (SSSR count). The van der Waals surface area contributed by atoms with Crippen molar-refractivity contribution < 1.29 is 9.47 Å². The van der Waals surface area contributed by atoms with Crippen molar-refractivity contribution in [1.29, 1.82) is 0 Å². The first-order valence-corrected chi connectivity index (χ1v) is 4.57. The van der Waals surface area contributed by atoms with Crippen LogP contribution in [0.25, 0.3) is 10.9 Å². The monoisotopic (exact) mass is 221 g/mol. The summed E-state index contributed by atoms with van der Waals surface area (Å²) in [7, 11) is 3.02. The van der Waals surface area contributed by atoms with Gasteiger partial charge >= 0.3 is 0 Å². The molecule has 0 bridgehead atoms. The standard InChI is InChI=1S/C10H11N3O3/c1-15-7-3-5-6(4-8(7)16-2)12-10(11)13-9(5)14/h3-4H,1-2H3,(H3,11,12,13,14). The molecule has 16 heavy (non-hydrogen) atoms. The average Bonchev–Trinajstić information content (AvgIpc) is 2.27. The third-order valence-electron chi connectivity index (χ3n) is 2.23. The molecule has 6 heteroatoms. The van der Waals surface area contributed by atoms with E-state index in [-0.39, 0.29) is 11.5 Å². The molecule has 0 aliphatic carbocycles. The topological polar surface area (TPSA) is 90.2 Å². The number of aromatic amines is 1. The average molecular weight is 221 g/mol. The van der Waals surface area contributed by atoms with Gasteiger partial charge in [-0.25, -0.2) is 4.98 Å². The minimum absolute atomic E-state index is 0.0738. The van der Waals surface area contributed by atoms with Gasteiger partial charge < -0.3 is 15.2 Å². The number of nitrogens with two attached hydrogens (primary N) is 1. The van der Waals surface area contributed by atoms with Crippen molar-refractivity contribution >= 4 is 16.9 Å². The molecule has 0 unspecified atom stereocenters. The third kappa shape index (κ3) is 1.54. The molecule has 0 aliphatic heterocycles. The summed E-state index contributed by atoms with van der Waals surface area (Å²) in [5.41, 5.74) is 5.62. The van der Waals surface area contributed by atoms with Crippen LogP contribution in [-0.2, 0) is 0 Å². The summed E-state index contributed by atoms with van der Waals surface area (Å²) < 4.78 is 10.2. The number of hydrogen-bond acceptors (Lipinski definition) is 5. The van der Waals surface area contributed by atoms with Crippen LogP contribution in [0.3, 0.4) is 0 Å². The van der Waals surface area contributed by atoms with Gasteiger partial charge in [-0.1, -0.05) is 0 Å². The molecule has 0 aliphatic rings. The number of nitrogens with one attached hydrogen (secondary N) is 1. The molecule has 0 radical (unpaired) electrons. The van der Waals surface area contributed by atoms with E-state index in [0.29, 0.717) is 22.4 Å². The van der Waals surface area contributed by atoms with Crippen LogP contribution in [0, 0.1) is 0 Å². The van der Waals surface area contributed by atoms with Gasteiger partial charge in [0.05, 0.1) is 25.1 Å². The Kier molecular flexibility index (Phi) is 2.40. The molecule has 1 aromatic heterocycles. The summed E-state index contributed by atoms with van der Waals surface area (Å²) in [6.45, 7) is 0. The van der Waals surface area contributed by atoms with E-state index in [1.165, 1.54) is 14.2 Å². The van der Waals surface area contributed by atoms with E-state index in [4.69, 9.17) is 15.2 Å². The van der Waals surface area contributed by atoms with Crippen molar-refractivity contribution in [3.8, 4) is 11.5 Å². The van der Waals surface area contributed by atoms with Crippen molar-refractivity contribution in [2.75, 3.05) is 20.0 Å². The molecule has 6 nitrogen and oxygen atoms in total. The van der Waals surface area contributed by atoms with Crippen molar-refractivity contribution in [2.45, 2.75) is 0 Å². The molecule has 0 saturated heterocycles. The fourth-order valence-electron chi connectivity index (χ4n) is 1.48. The summed E-state index contributed by atoms with van der Waals surface area (Å²) in [6.07, 6.45) is 0. The highest BCUT2D eigenvalue weighted by molar-refractivity contribution is 5.82. The normalized spacial score (nSPS) is 10.4. The van der Waals surface area contributed by atoms with Gasteiger partial charge in [0.1, 0.15) is 0 Å². The van der Waals surface area contributed by atoms with Gasteiger partial charge in [-0.3, -0.25) is 9.78 Å². The summed E-state index contributed by atoms with van der Waals surface area (Å²) >= 11 is 0. The van der Waals surface area contributed by atoms with Crippen molar-refractivity contribution in [2.24, 2.45) is 0 Å². The first kappa shape index (κ1) is 10.3. The SMILES string of the molecule is COc1cc2nc(N)[nH]c(=O)c2cc1OC. The van der Waals surface area contributed by atoms with Gasteiger partial charge in [0.25, 0.3) is 5.56 Å². The lowest BCUT2D eigenvalue weighted by Crippen LogP contribution is -2.11. The van der Waals surface area contributed by atoms with Gasteiger partial charge in [0.15, 0.2) is 11.5 Å². The maximum absolute atomic E-state index is 11.6. The lowest BCUT2D eigenvalue weighted by atomic mass is 10.2. The number of hydrogen-bond donors (Lipinski definition) is 2. The molecule has 0 fully saturated rings. The number of nitrogen functional groups attached to an aromatic ring is 1. The number of anilines is 1. The predicted molar refractivity (Wildman–Crippen MR) is 59.9 cm³/mol. The Morgan fingerprint density at radius 3 is 2.50 bits per heavy atom. The van der Waals surface area contributed by atoms with Crippen LogP contribution in [0.1, 0.15) is 0 Å². The minimum atomic E-state index is -0.302. The molecular weight excluding hydrogens is 210 g/mol. The molecule has 0 saturated carbocycles. The molecule has 0 spiro atoms. The highest BCUT2D eigenvalue weighted by Crippen LogP contribution is 2.29. The molecule has 84 valence electrons. The van der Waals surface area contributed by atoms with Crippen LogP contribution in [0.5, 0.6) is 11.5 Å². The van der Waals surface area contributed by atoms with Gasteiger partial charge in [-0.2, -0.15) is 0 Å². The van der Waals surface area contributed by atoms with E-state index in [9.17, 15) is 4.79 Å². The second kappa shape index (κ2) is 3.73. The molecular formula is C10H11N3O3. The van der Waals surface area contributed by atoms with Gasteiger partial charge in [0.2, 0.25) is 5.95 Å². The number of rotatable bonds is 2. The molecule has 3 N–H and O–H groups in total. The Morgan fingerprint density at radius 2 is 1.88 bits per heavy atom. The fraction of sp³-hybridized carbons (Fsp3) is 0.200. The summed E-state index contributed by atoms with van der Waals surface area (Å²) in [6, 6.07) is 3.18. The molecule has 2 aromatic rings. The number of nitrogens with zero attached hydrogens (tertiary/aromatic N) is 1. The third-order valence-corrected chi connectivity index (χ3v) is 2.23. The van der Waals surface area contributed by atoms with E-state index in [1.54, 1.807) is 12.1 Å². The Balaban J connectivity index is 2.83. The second-order valence-electron chi connectivity index (χ2n) is 3.18. The van der Waals surface area contributed by atoms with Crippen LogP contribution in [0.4, 0.5) is 5.95 Å². The lowest BCUT2D eigenvalue weighted by Gasteiger charge is -2.08. The van der Waals surface area contributed by atoms with E-state index in [2.05, 4.69) is 9.97 Å². The number of ether oxygens (including phenoxy) is 2. The van der Waals surface area contributed by atoms with E-state index in [1.807, 2.05) is 0 Å². The number of H-pyrrole nitrogens is 1. The number of benzene rings is 1. The van der Waals surface area contributed by atoms with E-state index < -0.39 is 0 Å². The molecule has 1 aromatic carbocycles. The smallest absolute Gasteiger partial charge is 0.260 e. The van der Waals surface area contributed by atoms with Gasteiger partial charge in [-0.15, -0.1) is 0 Å². The lowest BCUT2D eigenvalue weighted by molar-refractivity contribution is 0.355. The van der Waals surface area contributed by atoms with Gasteiger partial charge in [0, 0.05) is 6.07 Å². The molecule has 0 amide bonds. The van der Waals surface area contributed by atoms with Crippen molar-refractivity contribution in [3.63, 3.8) is 0 Å². The fourth-order valence-corrected chi connectivity index (χ4v) is 1.48. The van der Waals surface area contributed by atoms with E-state index in [0.717, 1.165) is 0 Å². The van der Waals surface area contributed by atoms with Gasteiger partial charge in [-0.05, 0) is 6.07 Å². The quantitative estimate of drug-likeness (QED) is 0.771. The Labute approximate surface area is 91.0 Å². The number of fused-ring (bicyclic) bond motifs is 1. The zero-order valence-corrected chi connectivity index (χ0v) is 8.90. The van der Waals surface area contributed by atoms with Crippen molar-refractivity contribution in [1.82, 2.24) is 9.97 Å². The highest BCUT2D eigenvalue weighted by atomic mass is 16.5. The first-order chi connectivity index (χ1) is 7.65. The zero-order chi connectivity index (χ0) is 11.7. The van der Waals surface area contributed by atoms with Crippen molar-refractivity contribution in [3.05, 3.63) is 22.5 Å². The predicted octanol–water partition coefficient (Wildman–Crippen LogP) is 0.522. The summed E-state index contributed by atoms with van der Waals surface area (Å²) in [5, 5.41) is 0.409. The van der Waals surface area contributed by atoms with Crippen LogP contribution in [0.2, 0.25) is 0 Å². The van der Waals surface area contributed by atoms with Crippen LogP contribution >= 0.6 is 0 Å². The van der Waals surface area contributed by atoms with Crippen LogP contribution < -0.4 is 20.8 Å². The zero-order valence-electron chi connectivity index (χ0n) is 8.90. The Bertz CT molecular complexity index is 592. The number of aromatic nitrogens is 2. The minimum Gasteiger partial charge on any atom is -0.493 e. The number of methoxy groups -OCH3 is 2. The summed E-state index contributed by atoms with van der Waals surface area (Å²) in [5.74, 6) is 1.06. The van der Waals surface area contributed by atoms with E-state index >= 15 is 0 Å². The van der Waals surface area contributed by atoms with Crippen LogP contribution in [0.15, 0.2) is 16.9 Å². The Hall–Kier alpha value is -2.24. The molecule has 0 atom stereocenters. The highest BCUT2D eigenvalue weighted by Gasteiger charge is 2.09. The first-order valence-electron chi connectivity index (χ1n) is 4.57. The van der Waals surface area contributed by atoms with Crippen LogP contribution in [-0.4, -0.2) is 24.2 Å². The maximum Gasteiger partial charge on any atom is 0.260 e.